The summed E-state index contributed by atoms with van der Waals surface area (Å²) in [5, 5.41) is 19.3. The highest BCUT2D eigenvalue weighted by Gasteiger charge is 2.16. The van der Waals surface area contributed by atoms with E-state index in [0.717, 1.165) is 18.3 Å². The third-order valence-corrected chi connectivity index (χ3v) is 6.25. The van der Waals surface area contributed by atoms with Crippen LogP contribution in [0.15, 0.2) is 53.5 Å². The standard InChI is InChI=1S/C22H20I2N2O5/c1-26-11-12(2-5-20(26)28)6-14-10-15(3-4-19(14)27)31-21-16(23)7-13(8-17(21)24)9-18(25)22(29)30/h2-5,7-8,10-11,18,27H,6,9,25H2,1H3,(H,29,30)/t18-/m0/s1. The summed E-state index contributed by atoms with van der Waals surface area (Å²) in [7, 11) is 1.68. The lowest BCUT2D eigenvalue weighted by atomic mass is 10.1. The first kappa shape index (κ1) is 23.5. The predicted molar refractivity (Wildman–Crippen MR) is 134 cm³/mol. The number of carboxylic acids is 1. The first-order valence-corrected chi connectivity index (χ1v) is 11.4. The molecule has 0 aliphatic carbocycles. The Hall–Kier alpha value is -2.12. The van der Waals surface area contributed by atoms with Crippen LogP contribution in [0, 0.1) is 7.14 Å². The molecule has 0 saturated carbocycles. The Morgan fingerprint density at radius 2 is 1.81 bits per heavy atom. The summed E-state index contributed by atoms with van der Waals surface area (Å²) in [6.45, 7) is 0. The van der Waals surface area contributed by atoms with Gasteiger partial charge in [0.05, 0.1) is 7.14 Å². The Balaban J connectivity index is 1.84. The zero-order valence-corrected chi connectivity index (χ0v) is 20.8. The number of aryl methyl sites for hydroxylation is 1. The molecule has 2 aromatic carbocycles. The smallest absolute Gasteiger partial charge is 0.320 e. The van der Waals surface area contributed by atoms with E-state index >= 15 is 0 Å². The maximum absolute atomic E-state index is 11.6. The zero-order valence-electron chi connectivity index (χ0n) is 16.5. The highest BCUT2D eigenvalue weighted by atomic mass is 127. The van der Waals surface area contributed by atoms with E-state index in [-0.39, 0.29) is 17.7 Å². The molecular weight excluding hydrogens is 626 g/mol. The second-order valence-electron chi connectivity index (χ2n) is 7.09. The van der Waals surface area contributed by atoms with Crippen LogP contribution in [-0.2, 0) is 24.7 Å². The van der Waals surface area contributed by atoms with Crippen LogP contribution in [0.3, 0.4) is 0 Å². The van der Waals surface area contributed by atoms with Crippen molar-refractivity contribution >= 4 is 51.2 Å². The summed E-state index contributed by atoms with van der Waals surface area (Å²) in [6.07, 6.45) is 2.41. The fourth-order valence-corrected chi connectivity index (χ4v) is 5.15. The molecule has 31 heavy (non-hydrogen) atoms. The van der Waals surface area contributed by atoms with Crippen molar-refractivity contribution in [1.82, 2.24) is 4.57 Å². The number of phenols is 1. The number of halogens is 2. The Morgan fingerprint density at radius 3 is 2.42 bits per heavy atom. The molecule has 1 atom stereocenters. The topological polar surface area (TPSA) is 115 Å². The van der Waals surface area contributed by atoms with Crippen molar-refractivity contribution < 1.29 is 19.7 Å². The van der Waals surface area contributed by atoms with E-state index < -0.39 is 12.0 Å². The van der Waals surface area contributed by atoms with Gasteiger partial charge in [0.15, 0.2) is 5.75 Å². The number of carbonyl (C=O) groups is 1. The van der Waals surface area contributed by atoms with Gasteiger partial charge in [-0.2, -0.15) is 0 Å². The summed E-state index contributed by atoms with van der Waals surface area (Å²) in [4.78, 5) is 22.6. The number of nitrogens with zero attached hydrogens (tertiary/aromatic N) is 1. The summed E-state index contributed by atoms with van der Waals surface area (Å²) in [5.74, 6) is 0.306. The highest BCUT2D eigenvalue weighted by molar-refractivity contribution is 14.1. The van der Waals surface area contributed by atoms with E-state index in [4.69, 9.17) is 15.6 Å². The Morgan fingerprint density at radius 1 is 1.13 bits per heavy atom. The first-order chi connectivity index (χ1) is 14.6. The summed E-state index contributed by atoms with van der Waals surface area (Å²) < 4.78 is 9.24. The second kappa shape index (κ2) is 10.0. The molecule has 3 rings (SSSR count). The molecule has 0 aliphatic rings. The van der Waals surface area contributed by atoms with Crippen molar-refractivity contribution in [2.24, 2.45) is 12.8 Å². The number of carboxylic acid groups (broad SMARTS) is 1. The molecule has 0 aliphatic heterocycles. The van der Waals surface area contributed by atoms with Gasteiger partial charge in [-0.25, -0.2) is 0 Å². The van der Waals surface area contributed by atoms with E-state index in [9.17, 15) is 14.7 Å². The van der Waals surface area contributed by atoms with Gasteiger partial charge in [-0.05, 0) is 93.1 Å². The molecule has 0 saturated heterocycles. The van der Waals surface area contributed by atoms with Gasteiger partial charge in [0.1, 0.15) is 17.5 Å². The van der Waals surface area contributed by atoms with Crippen molar-refractivity contribution in [1.29, 1.82) is 0 Å². The van der Waals surface area contributed by atoms with Gasteiger partial charge in [-0.1, -0.05) is 6.07 Å². The van der Waals surface area contributed by atoms with Crippen molar-refractivity contribution in [3.8, 4) is 17.2 Å². The van der Waals surface area contributed by atoms with E-state index in [1.54, 1.807) is 37.5 Å². The van der Waals surface area contributed by atoms with Crippen molar-refractivity contribution in [3.05, 3.63) is 82.8 Å². The van der Waals surface area contributed by atoms with Crippen LogP contribution < -0.4 is 16.0 Å². The number of ether oxygens (including phenoxy) is 1. The third kappa shape index (κ3) is 5.98. The summed E-state index contributed by atoms with van der Waals surface area (Å²) >= 11 is 4.29. The molecular formula is C22H20I2N2O5. The van der Waals surface area contributed by atoms with Crippen LogP contribution in [-0.4, -0.2) is 26.8 Å². The molecule has 7 nitrogen and oxygen atoms in total. The van der Waals surface area contributed by atoms with Crippen LogP contribution in [0.1, 0.15) is 16.7 Å². The molecule has 9 heteroatoms. The quantitative estimate of drug-likeness (QED) is 0.338. The minimum absolute atomic E-state index is 0.0954. The highest BCUT2D eigenvalue weighted by Crippen LogP contribution is 2.35. The Labute approximate surface area is 206 Å². The predicted octanol–water partition coefficient (Wildman–Crippen LogP) is 3.64. The minimum atomic E-state index is -1.04. The number of hydrogen-bond acceptors (Lipinski definition) is 5. The van der Waals surface area contributed by atoms with Crippen molar-refractivity contribution in [3.63, 3.8) is 0 Å². The van der Waals surface area contributed by atoms with Gasteiger partial charge in [-0.15, -0.1) is 0 Å². The van der Waals surface area contributed by atoms with Crippen molar-refractivity contribution in [2.75, 3.05) is 0 Å². The molecule has 0 fully saturated rings. The minimum Gasteiger partial charge on any atom is -0.508 e. The van der Waals surface area contributed by atoms with Gasteiger partial charge in [0.2, 0.25) is 5.56 Å². The molecule has 1 aromatic heterocycles. The van der Waals surface area contributed by atoms with Gasteiger partial charge >= 0.3 is 5.97 Å². The number of aromatic hydroxyl groups is 1. The number of aliphatic carboxylic acids is 1. The van der Waals surface area contributed by atoms with Gasteiger partial charge < -0.3 is 25.3 Å². The average Bonchev–Trinajstić information content (AvgIpc) is 2.70. The lowest BCUT2D eigenvalue weighted by molar-refractivity contribution is -0.138. The number of phenolic OH excluding ortho intramolecular Hbond substituents is 1. The van der Waals surface area contributed by atoms with Crippen LogP contribution >= 0.6 is 45.2 Å². The Bertz CT molecular complexity index is 1170. The maximum Gasteiger partial charge on any atom is 0.320 e. The number of aromatic nitrogens is 1. The van der Waals surface area contributed by atoms with Crippen LogP contribution in [0.2, 0.25) is 0 Å². The molecule has 3 aromatic rings. The molecule has 0 bridgehead atoms. The van der Waals surface area contributed by atoms with Gasteiger partial charge in [0, 0.05) is 31.3 Å². The maximum atomic E-state index is 11.6. The van der Waals surface area contributed by atoms with E-state index in [1.165, 1.54) is 10.6 Å². The van der Waals surface area contributed by atoms with Gasteiger partial charge in [-0.3, -0.25) is 9.59 Å². The molecule has 1 heterocycles. The average molecular weight is 646 g/mol. The molecule has 162 valence electrons. The van der Waals surface area contributed by atoms with Crippen LogP contribution in [0.5, 0.6) is 17.2 Å². The van der Waals surface area contributed by atoms with Gasteiger partial charge in [0.25, 0.3) is 0 Å². The largest absolute Gasteiger partial charge is 0.508 e. The number of pyridine rings is 1. The lowest BCUT2D eigenvalue weighted by Crippen LogP contribution is -2.32. The van der Waals surface area contributed by atoms with Crippen LogP contribution in [0.25, 0.3) is 0 Å². The summed E-state index contributed by atoms with van der Waals surface area (Å²) in [6, 6.07) is 11.0. The summed E-state index contributed by atoms with van der Waals surface area (Å²) in [5.41, 5.74) is 7.92. The number of nitrogens with two attached hydrogens (primary N) is 1. The normalized spacial score (nSPS) is 11.9. The molecule has 0 radical (unpaired) electrons. The fraction of sp³-hybridized carbons (Fsp3) is 0.182. The zero-order chi connectivity index (χ0) is 22.7. The fourth-order valence-electron chi connectivity index (χ4n) is 3.03. The first-order valence-electron chi connectivity index (χ1n) is 9.25. The van der Waals surface area contributed by atoms with Crippen LogP contribution in [0.4, 0.5) is 0 Å². The number of benzene rings is 2. The van der Waals surface area contributed by atoms with E-state index in [1.807, 2.05) is 12.1 Å². The molecule has 0 unspecified atom stereocenters. The lowest BCUT2D eigenvalue weighted by Gasteiger charge is -2.14. The number of hydrogen-bond donors (Lipinski definition) is 3. The third-order valence-electron chi connectivity index (χ3n) is 4.64. The SMILES string of the molecule is Cn1cc(Cc2cc(Oc3c(I)cc(C[C@H](N)C(=O)O)cc3I)ccc2O)ccc1=O. The molecule has 0 amide bonds. The monoisotopic (exact) mass is 646 g/mol. The molecule has 4 N–H and O–H groups in total. The number of rotatable bonds is 7. The molecule has 0 spiro atoms. The van der Waals surface area contributed by atoms with Crippen molar-refractivity contribution in [2.45, 2.75) is 18.9 Å². The Kier molecular flexibility index (Phi) is 7.59. The van der Waals surface area contributed by atoms with E-state index in [0.29, 0.717) is 23.5 Å². The second-order valence-corrected chi connectivity index (χ2v) is 9.42. The van der Waals surface area contributed by atoms with E-state index in [2.05, 4.69) is 45.2 Å².